The van der Waals surface area contributed by atoms with Crippen LogP contribution < -0.4 is 10.1 Å². The quantitative estimate of drug-likeness (QED) is 0.291. The first-order valence-electron chi connectivity index (χ1n) is 10.7. The number of pyridine rings is 1. The van der Waals surface area contributed by atoms with Crippen molar-refractivity contribution in [2.45, 2.75) is 16.4 Å². The molecule has 5 rings (SSSR count). The van der Waals surface area contributed by atoms with Crippen LogP contribution in [0.2, 0.25) is 0 Å². The number of hydrogen-bond donors (Lipinski definition) is 2. The molecule has 5 aromatic rings. The van der Waals surface area contributed by atoms with E-state index in [9.17, 15) is 5.11 Å². The number of benzene rings is 3. The maximum absolute atomic E-state index is 9.62. The molecule has 0 aliphatic rings. The number of nitrogens with one attached hydrogen (secondary N) is 1. The molecule has 170 valence electrons. The molecular weight excluding hydrogens is 458 g/mol. The largest absolute Gasteiger partial charge is 0.508 e. The Morgan fingerprint density at radius 1 is 0.943 bits per heavy atom. The molecule has 0 bridgehead atoms. The van der Waals surface area contributed by atoms with Crippen LogP contribution in [-0.4, -0.2) is 20.1 Å². The molecular formula is C27H19N5O2S. The highest BCUT2D eigenvalue weighted by Crippen LogP contribution is 2.38. The molecule has 0 unspecified atom stereocenters. The van der Waals surface area contributed by atoms with Gasteiger partial charge in [0.15, 0.2) is 5.65 Å². The first-order valence-corrected chi connectivity index (χ1v) is 11.5. The Hall–Kier alpha value is -4.61. The Morgan fingerprint density at radius 3 is 2.69 bits per heavy atom. The van der Waals surface area contributed by atoms with E-state index in [4.69, 9.17) is 10.00 Å². The van der Waals surface area contributed by atoms with Gasteiger partial charge in [0.05, 0.1) is 22.7 Å². The van der Waals surface area contributed by atoms with Crippen LogP contribution in [0.3, 0.4) is 0 Å². The molecule has 0 saturated heterocycles. The van der Waals surface area contributed by atoms with Crippen molar-refractivity contribution >= 4 is 34.3 Å². The monoisotopic (exact) mass is 477 g/mol. The highest BCUT2D eigenvalue weighted by molar-refractivity contribution is 7.99. The van der Waals surface area contributed by atoms with Gasteiger partial charge in [-0.15, -0.1) is 0 Å². The molecule has 0 fully saturated rings. The van der Waals surface area contributed by atoms with Crippen molar-refractivity contribution < 1.29 is 9.84 Å². The van der Waals surface area contributed by atoms with Crippen LogP contribution in [0, 0.1) is 11.3 Å². The minimum absolute atomic E-state index is 0.219. The molecule has 2 aromatic heterocycles. The molecule has 0 aliphatic heterocycles. The van der Waals surface area contributed by atoms with Crippen molar-refractivity contribution in [3.63, 3.8) is 0 Å². The summed E-state index contributed by atoms with van der Waals surface area (Å²) in [7, 11) is 0. The molecule has 35 heavy (non-hydrogen) atoms. The molecule has 0 aliphatic carbocycles. The van der Waals surface area contributed by atoms with Gasteiger partial charge in [-0.1, -0.05) is 23.9 Å². The number of hydrogen-bond acceptors (Lipinski definition) is 8. The number of fused-ring (bicyclic) bond motifs is 1. The third-order valence-corrected chi connectivity index (χ3v) is 6.22. The van der Waals surface area contributed by atoms with Gasteiger partial charge in [0.1, 0.15) is 30.3 Å². The lowest BCUT2D eigenvalue weighted by Gasteiger charge is -2.15. The van der Waals surface area contributed by atoms with Crippen molar-refractivity contribution in [2.75, 3.05) is 5.32 Å². The van der Waals surface area contributed by atoms with Gasteiger partial charge in [0, 0.05) is 22.1 Å². The zero-order valence-corrected chi connectivity index (χ0v) is 19.2. The molecule has 0 radical (unpaired) electrons. The number of rotatable bonds is 7. The van der Waals surface area contributed by atoms with Crippen LogP contribution >= 0.6 is 11.8 Å². The zero-order chi connectivity index (χ0) is 24.0. The van der Waals surface area contributed by atoms with Crippen LogP contribution in [0.25, 0.3) is 11.0 Å². The van der Waals surface area contributed by atoms with Gasteiger partial charge in [-0.2, -0.15) is 5.26 Å². The molecule has 0 spiro atoms. The number of nitrogens with zero attached hydrogens (tertiary/aromatic N) is 4. The molecule has 0 amide bonds. The van der Waals surface area contributed by atoms with Gasteiger partial charge in [0.2, 0.25) is 0 Å². The Balaban J connectivity index is 1.46. The van der Waals surface area contributed by atoms with Crippen LogP contribution in [0.4, 0.5) is 11.5 Å². The minimum atomic E-state index is 0.219. The summed E-state index contributed by atoms with van der Waals surface area (Å²) in [5.74, 6) is 1.52. The summed E-state index contributed by atoms with van der Waals surface area (Å²) in [6.45, 7) is 0.333. The van der Waals surface area contributed by atoms with E-state index in [-0.39, 0.29) is 5.75 Å². The third-order valence-electron chi connectivity index (χ3n) is 5.14. The summed E-state index contributed by atoms with van der Waals surface area (Å²) in [5.41, 5.74) is 2.91. The van der Waals surface area contributed by atoms with Crippen LogP contribution in [0.1, 0.15) is 11.1 Å². The number of aromatic hydroxyl groups is 1. The van der Waals surface area contributed by atoms with E-state index in [1.54, 1.807) is 36.2 Å². The average Bonchev–Trinajstić information content (AvgIpc) is 2.90. The lowest BCUT2D eigenvalue weighted by Crippen LogP contribution is -2.00. The average molecular weight is 478 g/mol. The van der Waals surface area contributed by atoms with E-state index in [2.05, 4.69) is 26.3 Å². The predicted molar refractivity (Wildman–Crippen MR) is 135 cm³/mol. The van der Waals surface area contributed by atoms with Crippen LogP contribution in [0.5, 0.6) is 11.5 Å². The number of phenols is 1. The molecule has 2 N–H and O–H groups in total. The normalized spacial score (nSPS) is 10.6. The number of phenolic OH excluding ortho intramolecular Hbond substituents is 1. The first-order chi connectivity index (χ1) is 17.2. The topological polar surface area (TPSA) is 104 Å². The third kappa shape index (κ3) is 5.32. The summed E-state index contributed by atoms with van der Waals surface area (Å²) in [6.07, 6.45) is 3.17. The Kier molecular flexibility index (Phi) is 6.42. The number of ether oxygens (including phenoxy) is 1. The maximum Gasteiger partial charge on any atom is 0.164 e. The van der Waals surface area contributed by atoms with Crippen molar-refractivity contribution in [3.05, 3.63) is 103 Å². The zero-order valence-electron chi connectivity index (χ0n) is 18.4. The van der Waals surface area contributed by atoms with Crippen molar-refractivity contribution in [2.24, 2.45) is 0 Å². The Labute approximate surface area is 206 Å². The number of aromatic nitrogens is 3. The molecule has 7 nitrogen and oxygen atoms in total. The second-order valence-corrected chi connectivity index (χ2v) is 8.69. The van der Waals surface area contributed by atoms with Gasteiger partial charge in [-0.05, 0) is 66.2 Å². The van der Waals surface area contributed by atoms with E-state index < -0.39 is 0 Å². The van der Waals surface area contributed by atoms with Gasteiger partial charge in [-0.25, -0.2) is 15.0 Å². The minimum Gasteiger partial charge on any atom is -0.508 e. The second-order valence-electron chi connectivity index (χ2n) is 7.58. The van der Waals surface area contributed by atoms with Gasteiger partial charge in [0.25, 0.3) is 0 Å². The Bertz CT molecular complexity index is 1530. The fourth-order valence-electron chi connectivity index (χ4n) is 3.45. The SMILES string of the molecule is N#Cc1cccc(COc2ccc(Sc3ccc(O)cc3)c(Nc3ncnc4ncccc34)c2)c1. The number of nitriles is 1. The molecule has 3 aromatic carbocycles. The van der Waals surface area contributed by atoms with E-state index in [1.165, 1.54) is 6.33 Å². The smallest absolute Gasteiger partial charge is 0.164 e. The first kappa shape index (κ1) is 22.2. The van der Waals surface area contributed by atoms with E-state index in [1.807, 2.05) is 60.7 Å². The highest BCUT2D eigenvalue weighted by atomic mass is 32.2. The summed E-state index contributed by atoms with van der Waals surface area (Å²) in [6, 6.07) is 26.1. The lowest BCUT2D eigenvalue weighted by molar-refractivity contribution is 0.306. The fourth-order valence-corrected chi connectivity index (χ4v) is 4.33. The predicted octanol–water partition coefficient (Wildman–Crippen LogP) is 6.08. The van der Waals surface area contributed by atoms with E-state index in [0.29, 0.717) is 29.4 Å². The van der Waals surface area contributed by atoms with E-state index >= 15 is 0 Å². The van der Waals surface area contributed by atoms with Crippen LogP contribution in [0.15, 0.2) is 101 Å². The fraction of sp³-hybridized carbons (Fsp3) is 0.0370. The summed E-state index contributed by atoms with van der Waals surface area (Å²) < 4.78 is 6.04. The summed E-state index contributed by atoms with van der Waals surface area (Å²) >= 11 is 1.55. The van der Waals surface area contributed by atoms with Gasteiger partial charge in [-0.3, -0.25) is 0 Å². The van der Waals surface area contributed by atoms with E-state index in [0.717, 1.165) is 26.4 Å². The second kappa shape index (κ2) is 10.1. The van der Waals surface area contributed by atoms with Crippen molar-refractivity contribution in [1.82, 2.24) is 15.0 Å². The molecule has 2 heterocycles. The van der Waals surface area contributed by atoms with Gasteiger partial charge >= 0.3 is 0 Å². The molecule has 0 atom stereocenters. The standard InChI is InChI=1S/C27H19N5O2S/c28-15-18-3-1-4-19(13-18)16-34-21-8-11-25(35-22-9-6-20(33)7-10-22)24(14-21)32-27-23-5-2-12-29-26(23)30-17-31-27/h1-14,17,33H,16H2,(H,29,30,31,32). The molecule has 8 heteroatoms. The summed E-state index contributed by atoms with van der Waals surface area (Å²) in [4.78, 5) is 14.9. The lowest BCUT2D eigenvalue weighted by atomic mass is 10.1. The Morgan fingerprint density at radius 2 is 1.83 bits per heavy atom. The van der Waals surface area contributed by atoms with Crippen molar-refractivity contribution in [3.8, 4) is 17.6 Å². The maximum atomic E-state index is 9.62. The highest BCUT2D eigenvalue weighted by Gasteiger charge is 2.11. The van der Waals surface area contributed by atoms with Crippen LogP contribution in [-0.2, 0) is 6.61 Å². The van der Waals surface area contributed by atoms with Crippen molar-refractivity contribution in [1.29, 1.82) is 5.26 Å². The number of anilines is 2. The summed E-state index contributed by atoms with van der Waals surface area (Å²) in [5, 5.41) is 23.0. The van der Waals surface area contributed by atoms with Gasteiger partial charge < -0.3 is 15.2 Å². The molecule has 0 saturated carbocycles.